The van der Waals surface area contributed by atoms with E-state index >= 15 is 0 Å². The van der Waals surface area contributed by atoms with Crippen LogP contribution in [0.4, 0.5) is 4.79 Å². The van der Waals surface area contributed by atoms with Crippen LogP contribution >= 0.6 is 11.6 Å². The zero-order valence-corrected chi connectivity index (χ0v) is 23.7. The molecule has 0 unspecified atom stereocenters. The highest BCUT2D eigenvalue weighted by atomic mass is 35.5. The number of rotatable bonds is 9. The fourth-order valence-corrected chi connectivity index (χ4v) is 5.74. The molecule has 10 heteroatoms. The van der Waals surface area contributed by atoms with Gasteiger partial charge in [0.1, 0.15) is 18.0 Å². The largest absolute Gasteiger partial charge is 0.508 e. The van der Waals surface area contributed by atoms with Crippen molar-refractivity contribution in [2.75, 3.05) is 19.6 Å². The van der Waals surface area contributed by atoms with Gasteiger partial charge in [-0.3, -0.25) is 14.6 Å². The Morgan fingerprint density at radius 1 is 1.00 bits per heavy atom. The Kier molecular flexibility index (Phi) is 8.75. The zero-order valence-electron chi connectivity index (χ0n) is 22.9. The molecule has 9 nitrogen and oxygen atoms in total. The summed E-state index contributed by atoms with van der Waals surface area (Å²) in [7, 11) is 0. The van der Waals surface area contributed by atoms with Crippen LogP contribution in [0, 0.1) is 0 Å². The topological polar surface area (TPSA) is 96.4 Å². The van der Waals surface area contributed by atoms with Gasteiger partial charge in [0, 0.05) is 31.1 Å². The average Bonchev–Trinajstić information content (AvgIpc) is 3.29. The van der Waals surface area contributed by atoms with E-state index in [-0.39, 0.29) is 43.1 Å². The third-order valence-electron chi connectivity index (χ3n) is 7.46. The van der Waals surface area contributed by atoms with E-state index in [9.17, 15) is 19.5 Å². The van der Waals surface area contributed by atoms with Crippen LogP contribution in [0.1, 0.15) is 30.0 Å². The van der Waals surface area contributed by atoms with Crippen molar-refractivity contribution in [3.8, 4) is 5.75 Å². The summed E-state index contributed by atoms with van der Waals surface area (Å²) >= 11 is 6.23. The van der Waals surface area contributed by atoms with Crippen LogP contribution in [0.15, 0.2) is 78.9 Å². The number of hydrogen-bond donors (Lipinski definition) is 2. The number of urea groups is 1. The van der Waals surface area contributed by atoms with E-state index in [2.05, 4.69) is 5.32 Å². The van der Waals surface area contributed by atoms with Crippen molar-refractivity contribution in [1.82, 2.24) is 25.1 Å². The predicted molar refractivity (Wildman–Crippen MR) is 155 cm³/mol. The first kappa shape index (κ1) is 28.4. The van der Waals surface area contributed by atoms with Crippen LogP contribution in [0.3, 0.4) is 0 Å². The fraction of sp³-hybridized carbons (Fsp3) is 0.323. The summed E-state index contributed by atoms with van der Waals surface area (Å²) in [6.45, 7) is 3.33. The third-order valence-corrected chi connectivity index (χ3v) is 7.70. The van der Waals surface area contributed by atoms with E-state index < -0.39 is 12.2 Å². The highest BCUT2D eigenvalue weighted by Gasteiger charge is 2.52. The minimum absolute atomic E-state index is 0.00616. The van der Waals surface area contributed by atoms with E-state index in [0.29, 0.717) is 31.1 Å². The first-order valence-corrected chi connectivity index (χ1v) is 14.2. The molecule has 2 heterocycles. The number of carbonyl (C=O) groups excluding carboxylic acids is 3. The van der Waals surface area contributed by atoms with Gasteiger partial charge in [0.05, 0.1) is 13.1 Å². The van der Waals surface area contributed by atoms with Crippen LogP contribution in [0.2, 0.25) is 5.02 Å². The summed E-state index contributed by atoms with van der Waals surface area (Å²) in [5, 5.41) is 16.7. The van der Waals surface area contributed by atoms with Gasteiger partial charge in [-0.15, -0.1) is 0 Å². The molecule has 3 aromatic rings. The number of halogens is 1. The molecule has 2 atom stereocenters. The molecule has 0 bridgehead atoms. The number of phenols is 1. The first-order chi connectivity index (χ1) is 19.8. The van der Waals surface area contributed by atoms with Crippen LogP contribution in [-0.2, 0) is 29.1 Å². The summed E-state index contributed by atoms with van der Waals surface area (Å²) in [5.41, 5.74) is 2.67. The SMILES string of the molecule is CCCN(C(=O)NCc1ccccc1)N1CC(=O)N2[C@@H](Cc3ccc(O)cc3)C(=O)N(Cc3cccc(Cl)c3)C[C@@H]21. The number of hydrazine groups is 1. The van der Waals surface area contributed by atoms with Gasteiger partial charge in [-0.2, -0.15) is 5.01 Å². The maximum atomic E-state index is 13.9. The molecular weight excluding hydrogens is 542 g/mol. The molecule has 0 saturated carbocycles. The lowest BCUT2D eigenvalue weighted by atomic mass is 10.00. The van der Waals surface area contributed by atoms with Crippen LogP contribution < -0.4 is 5.32 Å². The number of hydrogen-bond acceptors (Lipinski definition) is 5. The predicted octanol–water partition coefficient (Wildman–Crippen LogP) is 4.01. The summed E-state index contributed by atoms with van der Waals surface area (Å²) in [6.07, 6.45) is 0.462. The second-order valence-corrected chi connectivity index (χ2v) is 10.8. The van der Waals surface area contributed by atoms with Gasteiger partial charge in [-0.05, 0) is 47.4 Å². The molecule has 2 fully saturated rings. The van der Waals surface area contributed by atoms with Crippen LogP contribution in [0.25, 0.3) is 0 Å². The Morgan fingerprint density at radius 3 is 2.44 bits per heavy atom. The Hall–Kier alpha value is -4.08. The van der Waals surface area contributed by atoms with Gasteiger partial charge in [-0.1, -0.05) is 73.1 Å². The van der Waals surface area contributed by atoms with Crippen molar-refractivity contribution < 1.29 is 19.5 Å². The molecular formula is C31H34ClN5O4. The van der Waals surface area contributed by atoms with E-state index in [1.54, 1.807) is 50.1 Å². The van der Waals surface area contributed by atoms with E-state index in [1.807, 2.05) is 55.5 Å². The molecule has 0 spiro atoms. The maximum absolute atomic E-state index is 13.9. The zero-order chi connectivity index (χ0) is 28.9. The van der Waals surface area contributed by atoms with Crippen LogP contribution in [0.5, 0.6) is 5.75 Å². The summed E-state index contributed by atoms with van der Waals surface area (Å²) in [5.74, 6) is -0.240. The number of piperazine rings is 1. The first-order valence-electron chi connectivity index (χ1n) is 13.8. The van der Waals surface area contributed by atoms with Gasteiger partial charge in [0.25, 0.3) is 0 Å². The number of amides is 4. The van der Waals surface area contributed by atoms with Crippen LogP contribution in [-0.4, -0.2) is 74.6 Å². The Bertz CT molecular complexity index is 1390. The van der Waals surface area contributed by atoms with Crippen molar-refractivity contribution in [3.63, 3.8) is 0 Å². The summed E-state index contributed by atoms with van der Waals surface area (Å²) in [4.78, 5) is 44.3. The number of fused-ring (bicyclic) bond motifs is 1. The monoisotopic (exact) mass is 575 g/mol. The van der Waals surface area contributed by atoms with Gasteiger partial charge < -0.3 is 20.2 Å². The lowest BCUT2D eigenvalue weighted by Crippen LogP contribution is -2.66. The third kappa shape index (κ3) is 6.47. The second-order valence-electron chi connectivity index (χ2n) is 10.4. The van der Waals surface area contributed by atoms with Crippen molar-refractivity contribution >= 4 is 29.4 Å². The molecule has 0 aromatic heterocycles. The molecule has 3 aromatic carbocycles. The number of nitrogens with zero attached hydrogens (tertiary/aromatic N) is 4. The van der Waals surface area contributed by atoms with Crippen molar-refractivity contribution in [3.05, 3.63) is 101 Å². The average molecular weight is 576 g/mol. The summed E-state index contributed by atoms with van der Waals surface area (Å²) in [6, 6.07) is 22.6. The second kappa shape index (κ2) is 12.6. The Labute approximate surface area is 244 Å². The number of phenolic OH excluding ortho intramolecular Hbond substituents is 1. The number of benzene rings is 3. The van der Waals surface area contributed by atoms with E-state index in [0.717, 1.165) is 16.7 Å². The van der Waals surface area contributed by atoms with Gasteiger partial charge in [-0.25, -0.2) is 4.79 Å². The standard InChI is InChI=1S/C31H34ClN5O4/c1-2-15-35(31(41)33-18-23-7-4-3-5-8-23)36-21-29(39)37-27(17-22-11-13-26(38)14-12-22)30(40)34(20-28(36)37)19-24-9-6-10-25(32)16-24/h3-14,16,27-28,38H,2,15,17-21H2,1H3,(H,33,41)/t27-,28+/m0/s1. The quantitative estimate of drug-likeness (QED) is 0.402. The molecule has 2 N–H and O–H groups in total. The summed E-state index contributed by atoms with van der Waals surface area (Å²) < 4.78 is 0. The Balaban J connectivity index is 1.43. The van der Waals surface area contributed by atoms with Crippen molar-refractivity contribution in [1.29, 1.82) is 0 Å². The molecule has 0 radical (unpaired) electrons. The normalized spacial score (nSPS) is 18.9. The molecule has 41 heavy (non-hydrogen) atoms. The number of carbonyl (C=O) groups is 3. The lowest BCUT2D eigenvalue weighted by Gasteiger charge is -2.46. The number of nitrogens with one attached hydrogen (secondary N) is 1. The van der Waals surface area contributed by atoms with Gasteiger partial charge in [0.2, 0.25) is 11.8 Å². The molecule has 4 amide bonds. The smallest absolute Gasteiger partial charge is 0.332 e. The molecule has 0 aliphatic carbocycles. The van der Waals surface area contributed by atoms with E-state index in [1.165, 1.54) is 0 Å². The van der Waals surface area contributed by atoms with Gasteiger partial charge >= 0.3 is 6.03 Å². The van der Waals surface area contributed by atoms with Gasteiger partial charge in [0.15, 0.2) is 0 Å². The maximum Gasteiger partial charge on any atom is 0.332 e. The lowest BCUT2D eigenvalue weighted by molar-refractivity contribution is -0.157. The molecule has 2 aliphatic rings. The minimum atomic E-state index is -0.758. The molecule has 2 aliphatic heterocycles. The van der Waals surface area contributed by atoms with Crippen molar-refractivity contribution in [2.45, 2.75) is 45.1 Å². The number of aromatic hydroxyl groups is 1. The highest BCUT2D eigenvalue weighted by Crippen LogP contribution is 2.31. The highest BCUT2D eigenvalue weighted by molar-refractivity contribution is 6.30. The minimum Gasteiger partial charge on any atom is -0.508 e. The Morgan fingerprint density at radius 2 is 1.73 bits per heavy atom. The molecule has 214 valence electrons. The molecule has 5 rings (SSSR count). The van der Waals surface area contributed by atoms with Crippen molar-refractivity contribution in [2.24, 2.45) is 0 Å². The van der Waals surface area contributed by atoms with E-state index in [4.69, 9.17) is 11.6 Å². The molecule has 2 saturated heterocycles. The fourth-order valence-electron chi connectivity index (χ4n) is 5.52.